The van der Waals surface area contributed by atoms with Gasteiger partial charge in [0.1, 0.15) is 5.69 Å². The van der Waals surface area contributed by atoms with E-state index in [0.717, 1.165) is 5.69 Å². The fraction of sp³-hybridized carbons (Fsp3) is 0. The van der Waals surface area contributed by atoms with Gasteiger partial charge in [-0.1, -0.05) is 23.4 Å². The highest BCUT2D eigenvalue weighted by Gasteiger charge is 1.98. The van der Waals surface area contributed by atoms with Gasteiger partial charge < -0.3 is 5.84 Å². The molecule has 0 spiro atoms. The molecule has 0 bridgehead atoms. The number of para-hydroxylation sites is 1. The van der Waals surface area contributed by atoms with Crippen LogP contribution in [0.4, 0.5) is 0 Å². The number of aromatic nitrogens is 3. The SMILES string of the molecule is N/N=C\c1cn(-c2ccccc2)nn1. The average Bonchev–Trinajstić information content (AvgIpc) is 2.68. The summed E-state index contributed by atoms with van der Waals surface area (Å²) in [5.74, 6) is 5.00. The average molecular weight is 187 g/mol. The number of nitrogens with zero attached hydrogens (tertiary/aromatic N) is 4. The molecule has 1 aromatic heterocycles. The molecule has 2 N–H and O–H groups in total. The van der Waals surface area contributed by atoms with Gasteiger partial charge in [-0.15, -0.1) is 5.10 Å². The lowest BCUT2D eigenvalue weighted by atomic mass is 10.3. The topological polar surface area (TPSA) is 69.1 Å². The van der Waals surface area contributed by atoms with Gasteiger partial charge in [-0.2, -0.15) is 5.10 Å². The van der Waals surface area contributed by atoms with Crippen LogP contribution in [0.25, 0.3) is 5.69 Å². The Morgan fingerprint density at radius 3 is 2.79 bits per heavy atom. The lowest BCUT2D eigenvalue weighted by Gasteiger charge is -1.96. The van der Waals surface area contributed by atoms with Crippen molar-refractivity contribution in [3.63, 3.8) is 0 Å². The molecule has 70 valence electrons. The number of nitrogens with two attached hydrogens (primary N) is 1. The maximum atomic E-state index is 5.00. The summed E-state index contributed by atoms with van der Waals surface area (Å²) in [6.45, 7) is 0. The van der Waals surface area contributed by atoms with Crippen LogP contribution < -0.4 is 5.84 Å². The van der Waals surface area contributed by atoms with Gasteiger partial charge in [0.05, 0.1) is 18.1 Å². The number of hydrazone groups is 1. The van der Waals surface area contributed by atoms with Crippen LogP contribution in [0.3, 0.4) is 0 Å². The van der Waals surface area contributed by atoms with E-state index in [1.165, 1.54) is 6.21 Å². The zero-order valence-corrected chi connectivity index (χ0v) is 7.41. The van der Waals surface area contributed by atoms with Crippen molar-refractivity contribution < 1.29 is 0 Å². The molecule has 2 aromatic rings. The second-order valence-electron chi connectivity index (χ2n) is 2.70. The van der Waals surface area contributed by atoms with Crippen molar-refractivity contribution in [3.8, 4) is 5.69 Å². The predicted octanol–water partition coefficient (Wildman–Crippen LogP) is 0.560. The second kappa shape index (κ2) is 3.69. The molecule has 0 saturated carbocycles. The zero-order chi connectivity index (χ0) is 9.80. The van der Waals surface area contributed by atoms with E-state index in [-0.39, 0.29) is 0 Å². The summed E-state index contributed by atoms with van der Waals surface area (Å²) in [7, 11) is 0. The van der Waals surface area contributed by atoms with Gasteiger partial charge in [0, 0.05) is 0 Å². The van der Waals surface area contributed by atoms with E-state index in [4.69, 9.17) is 5.84 Å². The molecule has 0 unspecified atom stereocenters. The Morgan fingerprint density at radius 2 is 2.07 bits per heavy atom. The molecular weight excluding hydrogens is 178 g/mol. The van der Waals surface area contributed by atoms with Crippen LogP contribution in [-0.4, -0.2) is 21.2 Å². The first-order chi connectivity index (χ1) is 6.90. The van der Waals surface area contributed by atoms with E-state index < -0.39 is 0 Å². The van der Waals surface area contributed by atoms with Crippen LogP contribution in [0.1, 0.15) is 5.69 Å². The first-order valence-electron chi connectivity index (χ1n) is 4.11. The van der Waals surface area contributed by atoms with Gasteiger partial charge in [0.25, 0.3) is 0 Å². The van der Waals surface area contributed by atoms with Crippen molar-refractivity contribution >= 4 is 6.21 Å². The summed E-state index contributed by atoms with van der Waals surface area (Å²) in [5, 5.41) is 11.2. The van der Waals surface area contributed by atoms with Crippen LogP contribution in [0, 0.1) is 0 Å². The Morgan fingerprint density at radius 1 is 1.29 bits per heavy atom. The fourth-order valence-corrected chi connectivity index (χ4v) is 1.12. The Balaban J connectivity index is 2.34. The molecular formula is C9H9N5. The Kier molecular flexibility index (Phi) is 2.22. The summed E-state index contributed by atoms with van der Waals surface area (Å²) in [5.41, 5.74) is 1.59. The van der Waals surface area contributed by atoms with Crippen LogP contribution in [0.2, 0.25) is 0 Å². The molecule has 14 heavy (non-hydrogen) atoms. The van der Waals surface area contributed by atoms with E-state index in [0.29, 0.717) is 5.69 Å². The van der Waals surface area contributed by atoms with E-state index in [1.54, 1.807) is 10.9 Å². The highest BCUT2D eigenvalue weighted by molar-refractivity contribution is 5.75. The van der Waals surface area contributed by atoms with E-state index >= 15 is 0 Å². The Bertz CT molecular complexity index is 431. The summed E-state index contributed by atoms with van der Waals surface area (Å²) < 4.78 is 1.66. The second-order valence-corrected chi connectivity index (χ2v) is 2.70. The van der Waals surface area contributed by atoms with Crippen LogP contribution in [0.5, 0.6) is 0 Å². The largest absolute Gasteiger partial charge is 0.323 e. The Hall–Kier alpha value is -2.17. The van der Waals surface area contributed by atoms with E-state index in [1.807, 2.05) is 30.3 Å². The molecule has 0 aliphatic rings. The van der Waals surface area contributed by atoms with Crippen molar-refractivity contribution in [2.75, 3.05) is 0 Å². The van der Waals surface area contributed by atoms with Gasteiger partial charge in [0.15, 0.2) is 0 Å². The number of hydrogen-bond acceptors (Lipinski definition) is 4. The molecule has 1 aromatic carbocycles. The maximum Gasteiger partial charge on any atom is 0.126 e. The minimum Gasteiger partial charge on any atom is -0.323 e. The van der Waals surface area contributed by atoms with Crippen molar-refractivity contribution in [3.05, 3.63) is 42.2 Å². The third-order valence-corrected chi connectivity index (χ3v) is 1.74. The van der Waals surface area contributed by atoms with Crippen LogP contribution in [-0.2, 0) is 0 Å². The van der Waals surface area contributed by atoms with Gasteiger partial charge in [-0.25, -0.2) is 4.68 Å². The number of hydrogen-bond donors (Lipinski definition) is 1. The summed E-state index contributed by atoms with van der Waals surface area (Å²) in [6, 6.07) is 9.71. The molecule has 5 nitrogen and oxygen atoms in total. The molecule has 5 heteroatoms. The van der Waals surface area contributed by atoms with Gasteiger partial charge >= 0.3 is 0 Å². The molecule has 0 aliphatic carbocycles. The van der Waals surface area contributed by atoms with E-state index in [2.05, 4.69) is 15.4 Å². The maximum absolute atomic E-state index is 5.00. The van der Waals surface area contributed by atoms with Crippen molar-refractivity contribution in [2.24, 2.45) is 10.9 Å². The zero-order valence-electron chi connectivity index (χ0n) is 7.41. The molecule has 0 radical (unpaired) electrons. The third-order valence-electron chi connectivity index (χ3n) is 1.74. The molecule has 2 rings (SSSR count). The lowest BCUT2D eigenvalue weighted by molar-refractivity contribution is 0.803. The van der Waals surface area contributed by atoms with Crippen molar-refractivity contribution in [1.29, 1.82) is 0 Å². The van der Waals surface area contributed by atoms with Crippen LogP contribution in [0.15, 0.2) is 41.6 Å². The van der Waals surface area contributed by atoms with Gasteiger partial charge in [-0.05, 0) is 12.1 Å². The summed E-state index contributed by atoms with van der Waals surface area (Å²) in [4.78, 5) is 0. The highest BCUT2D eigenvalue weighted by Crippen LogP contribution is 2.04. The van der Waals surface area contributed by atoms with E-state index in [9.17, 15) is 0 Å². The molecule has 0 fully saturated rings. The van der Waals surface area contributed by atoms with Gasteiger partial charge in [0.2, 0.25) is 0 Å². The molecule has 0 atom stereocenters. The molecule has 0 amide bonds. The quantitative estimate of drug-likeness (QED) is 0.424. The first-order valence-corrected chi connectivity index (χ1v) is 4.11. The number of benzene rings is 1. The first kappa shape index (κ1) is 8.43. The summed E-state index contributed by atoms with van der Waals surface area (Å²) >= 11 is 0. The Labute approximate surface area is 80.9 Å². The fourth-order valence-electron chi connectivity index (χ4n) is 1.12. The molecule has 0 aliphatic heterocycles. The normalized spacial score (nSPS) is 10.9. The van der Waals surface area contributed by atoms with Crippen molar-refractivity contribution in [2.45, 2.75) is 0 Å². The smallest absolute Gasteiger partial charge is 0.126 e. The lowest BCUT2D eigenvalue weighted by Crippen LogP contribution is -1.93. The minimum absolute atomic E-state index is 0.636. The molecule has 1 heterocycles. The standard InChI is InChI=1S/C9H9N5/c10-11-6-8-7-14(13-12-8)9-4-2-1-3-5-9/h1-7H,10H2/b11-6-. The minimum atomic E-state index is 0.636. The molecule has 0 saturated heterocycles. The predicted molar refractivity (Wildman–Crippen MR) is 53.1 cm³/mol. The third kappa shape index (κ3) is 1.61. The highest BCUT2D eigenvalue weighted by atomic mass is 15.4. The van der Waals surface area contributed by atoms with Gasteiger partial charge in [-0.3, -0.25) is 0 Å². The summed E-state index contributed by atoms with van der Waals surface area (Å²) in [6.07, 6.45) is 3.21. The monoisotopic (exact) mass is 187 g/mol. The van der Waals surface area contributed by atoms with Crippen LogP contribution >= 0.6 is 0 Å². The van der Waals surface area contributed by atoms with Crippen molar-refractivity contribution in [1.82, 2.24) is 15.0 Å². The number of rotatable bonds is 2.